The van der Waals surface area contributed by atoms with E-state index < -0.39 is 38.6 Å². The van der Waals surface area contributed by atoms with E-state index >= 15 is 8.78 Å². The molecule has 0 spiro atoms. The van der Waals surface area contributed by atoms with Crippen LogP contribution in [0.4, 0.5) is 8.78 Å². The standard InChI is InChI=1S/C31H26F2N4O5S/c1-31(11-12-34,19-5-3-4-18(14-19)6-9-27(38)39)26-17-36-30(37-26)22-15-20(7-8-23(22)32)42-28-24(33)16-25-21(10-13-35-25)29(28)43(2,40)41/h3-5,7-8,10,13-17,35H,6,9,11H2,1-2H3,(H,36,37)(H,38,39). The number of H-pyrrole nitrogens is 2. The lowest BCUT2D eigenvalue weighted by Gasteiger charge is -2.27. The van der Waals surface area contributed by atoms with Crippen LogP contribution in [0.5, 0.6) is 11.5 Å². The normalized spacial score (nSPS) is 13.0. The number of aliphatic carboxylic acids is 1. The SMILES string of the molecule is CC(CC#N)(c1cccc(CCC(=O)O)c1)c1cnc(-c2cc(Oc3c(F)cc4[nH]ccc4c3S(C)(=O)=O)ccc2F)[nH]1. The summed E-state index contributed by atoms with van der Waals surface area (Å²) in [5, 5.41) is 19.0. The van der Waals surface area contributed by atoms with Crippen molar-refractivity contribution in [2.45, 2.75) is 36.5 Å². The summed E-state index contributed by atoms with van der Waals surface area (Å²) in [6.45, 7) is 1.83. The van der Waals surface area contributed by atoms with Crippen molar-refractivity contribution in [1.29, 1.82) is 5.26 Å². The van der Waals surface area contributed by atoms with Gasteiger partial charge in [-0.3, -0.25) is 4.79 Å². The molecule has 0 fully saturated rings. The zero-order chi connectivity index (χ0) is 30.9. The Bertz CT molecular complexity index is 2010. The summed E-state index contributed by atoms with van der Waals surface area (Å²) in [6, 6.07) is 15.7. The Hall–Kier alpha value is -5.02. The highest BCUT2D eigenvalue weighted by Gasteiger charge is 2.32. The number of aryl methyl sites for hydroxylation is 1. The van der Waals surface area contributed by atoms with Gasteiger partial charge in [0.25, 0.3) is 0 Å². The summed E-state index contributed by atoms with van der Waals surface area (Å²) < 4.78 is 61.2. The van der Waals surface area contributed by atoms with Crippen molar-refractivity contribution in [2.24, 2.45) is 0 Å². The van der Waals surface area contributed by atoms with E-state index in [9.17, 15) is 18.5 Å². The van der Waals surface area contributed by atoms with Crippen LogP contribution in [0, 0.1) is 23.0 Å². The molecule has 0 aliphatic carbocycles. The number of nitrogens with zero attached hydrogens (tertiary/aromatic N) is 2. The molecule has 9 nitrogen and oxygen atoms in total. The molecule has 220 valence electrons. The first kappa shape index (κ1) is 29.5. The molecule has 2 aromatic heterocycles. The number of fused-ring (bicyclic) bond motifs is 1. The highest BCUT2D eigenvalue weighted by Crippen LogP contribution is 2.39. The monoisotopic (exact) mass is 604 g/mol. The zero-order valence-corrected chi connectivity index (χ0v) is 23.9. The Morgan fingerprint density at radius 2 is 1.93 bits per heavy atom. The van der Waals surface area contributed by atoms with Gasteiger partial charge in [-0.15, -0.1) is 0 Å². The number of nitrogens with one attached hydrogen (secondary N) is 2. The van der Waals surface area contributed by atoms with Gasteiger partial charge in [0.1, 0.15) is 22.3 Å². The quantitative estimate of drug-likeness (QED) is 0.170. The molecule has 0 radical (unpaired) electrons. The lowest BCUT2D eigenvalue weighted by molar-refractivity contribution is -0.136. The second kappa shape index (κ2) is 11.3. The van der Waals surface area contributed by atoms with Crippen molar-refractivity contribution >= 4 is 26.7 Å². The number of benzene rings is 3. The van der Waals surface area contributed by atoms with E-state index in [4.69, 9.17) is 9.84 Å². The number of halogens is 2. The van der Waals surface area contributed by atoms with E-state index in [2.05, 4.69) is 21.0 Å². The summed E-state index contributed by atoms with van der Waals surface area (Å²) in [4.78, 5) is 20.9. The van der Waals surface area contributed by atoms with Gasteiger partial charge in [0, 0.05) is 53.1 Å². The molecule has 0 bridgehead atoms. The number of imidazole rings is 1. The van der Waals surface area contributed by atoms with Crippen LogP contribution in [0.3, 0.4) is 0 Å². The third-order valence-corrected chi connectivity index (χ3v) is 8.44. The molecule has 5 aromatic rings. The number of aromatic amines is 2. The van der Waals surface area contributed by atoms with Crippen molar-refractivity contribution in [3.63, 3.8) is 0 Å². The average molecular weight is 605 g/mol. The van der Waals surface area contributed by atoms with Gasteiger partial charge >= 0.3 is 5.97 Å². The second-order valence-electron chi connectivity index (χ2n) is 10.4. The molecule has 3 aromatic carbocycles. The highest BCUT2D eigenvalue weighted by atomic mass is 32.2. The summed E-state index contributed by atoms with van der Waals surface area (Å²) in [5.41, 5.74) is 1.40. The molecule has 0 amide bonds. The number of aromatic nitrogens is 3. The molecule has 0 aliphatic rings. The van der Waals surface area contributed by atoms with E-state index in [0.29, 0.717) is 12.1 Å². The van der Waals surface area contributed by atoms with Crippen LogP contribution in [0.15, 0.2) is 71.9 Å². The van der Waals surface area contributed by atoms with Crippen molar-refractivity contribution in [3.8, 4) is 29.0 Å². The van der Waals surface area contributed by atoms with E-state index in [1.54, 1.807) is 6.07 Å². The lowest BCUT2D eigenvalue weighted by atomic mass is 9.76. The molecule has 5 rings (SSSR count). The lowest BCUT2D eigenvalue weighted by Crippen LogP contribution is -2.24. The molecule has 0 aliphatic heterocycles. The van der Waals surface area contributed by atoms with Gasteiger partial charge in [0.2, 0.25) is 0 Å². The number of hydrogen-bond acceptors (Lipinski definition) is 6. The average Bonchev–Trinajstić information content (AvgIpc) is 3.63. The fourth-order valence-corrected chi connectivity index (χ4v) is 6.08. The van der Waals surface area contributed by atoms with E-state index in [-0.39, 0.29) is 45.8 Å². The summed E-state index contributed by atoms with van der Waals surface area (Å²) >= 11 is 0. The van der Waals surface area contributed by atoms with Crippen LogP contribution >= 0.6 is 0 Å². The third-order valence-electron chi connectivity index (χ3n) is 7.30. The Labute approximate surface area is 245 Å². The van der Waals surface area contributed by atoms with E-state index in [1.807, 2.05) is 25.1 Å². The van der Waals surface area contributed by atoms with Crippen molar-refractivity contribution in [1.82, 2.24) is 15.0 Å². The molecule has 43 heavy (non-hydrogen) atoms. The maximum Gasteiger partial charge on any atom is 0.303 e. The van der Waals surface area contributed by atoms with Gasteiger partial charge < -0.3 is 19.8 Å². The summed E-state index contributed by atoms with van der Waals surface area (Å²) in [7, 11) is -3.93. The molecule has 2 heterocycles. The number of carboxylic acids is 1. The number of ether oxygens (including phenoxy) is 1. The number of carbonyl (C=O) groups is 1. The molecule has 0 saturated carbocycles. The van der Waals surface area contributed by atoms with Gasteiger partial charge in [-0.2, -0.15) is 5.26 Å². The first-order valence-electron chi connectivity index (χ1n) is 13.1. The number of sulfone groups is 1. The van der Waals surface area contributed by atoms with Crippen LogP contribution < -0.4 is 4.74 Å². The van der Waals surface area contributed by atoms with E-state index in [1.165, 1.54) is 30.6 Å². The zero-order valence-electron chi connectivity index (χ0n) is 23.1. The first-order chi connectivity index (χ1) is 20.4. The molecular formula is C31H26F2N4O5S. The largest absolute Gasteiger partial charge is 0.481 e. The van der Waals surface area contributed by atoms with Crippen LogP contribution in [0.2, 0.25) is 0 Å². The van der Waals surface area contributed by atoms with Gasteiger partial charge in [-0.1, -0.05) is 24.3 Å². The Morgan fingerprint density at radius 1 is 1.14 bits per heavy atom. The van der Waals surface area contributed by atoms with Gasteiger partial charge in [-0.05, 0) is 48.7 Å². The minimum Gasteiger partial charge on any atom is -0.481 e. The topological polar surface area (TPSA) is 149 Å². The second-order valence-corrected chi connectivity index (χ2v) is 12.3. The van der Waals surface area contributed by atoms with Gasteiger partial charge in [0.15, 0.2) is 21.4 Å². The van der Waals surface area contributed by atoms with Crippen molar-refractivity contribution in [2.75, 3.05) is 6.26 Å². The first-order valence-corrected chi connectivity index (χ1v) is 15.0. The molecule has 3 N–H and O–H groups in total. The predicted octanol–water partition coefficient (Wildman–Crippen LogP) is 6.27. The van der Waals surface area contributed by atoms with Gasteiger partial charge in [0.05, 0.1) is 18.1 Å². The van der Waals surface area contributed by atoms with Crippen molar-refractivity contribution < 1.29 is 31.8 Å². The fourth-order valence-electron chi connectivity index (χ4n) is 5.02. The Balaban J connectivity index is 1.52. The smallest absolute Gasteiger partial charge is 0.303 e. The molecule has 1 atom stereocenters. The maximum atomic E-state index is 15.1. The van der Waals surface area contributed by atoms with Crippen LogP contribution in [0.25, 0.3) is 22.3 Å². The minimum atomic E-state index is -3.93. The highest BCUT2D eigenvalue weighted by molar-refractivity contribution is 7.91. The molecular weight excluding hydrogens is 578 g/mol. The molecule has 1 unspecified atom stereocenters. The summed E-state index contributed by atoms with van der Waals surface area (Å²) in [5.74, 6) is -2.95. The number of hydrogen-bond donors (Lipinski definition) is 3. The number of nitriles is 1. The fraction of sp³-hybridized carbons (Fsp3) is 0.194. The summed E-state index contributed by atoms with van der Waals surface area (Å²) in [6.07, 6.45) is 4.24. The van der Waals surface area contributed by atoms with Crippen molar-refractivity contribution in [3.05, 3.63) is 95.4 Å². The minimum absolute atomic E-state index is 0.0256. The maximum absolute atomic E-state index is 15.1. The van der Waals surface area contributed by atoms with E-state index in [0.717, 1.165) is 29.5 Å². The molecule has 0 saturated heterocycles. The van der Waals surface area contributed by atoms with Crippen LogP contribution in [-0.4, -0.2) is 40.7 Å². The number of carboxylic acid groups (broad SMARTS) is 1. The number of rotatable bonds is 10. The third kappa shape index (κ3) is 5.85. The predicted molar refractivity (Wildman–Crippen MR) is 155 cm³/mol. The molecule has 12 heteroatoms. The van der Waals surface area contributed by atoms with Crippen LogP contribution in [-0.2, 0) is 26.5 Å². The van der Waals surface area contributed by atoms with Gasteiger partial charge in [-0.25, -0.2) is 22.2 Å². The Morgan fingerprint density at radius 3 is 2.65 bits per heavy atom. The van der Waals surface area contributed by atoms with Crippen LogP contribution in [0.1, 0.15) is 36.6 Å². The Kier molecular flexibility index (Phi) is 7.77.